The molecule has 2 amide bonds. The van der Waals surface area contributed by atoms with Crippen molar-refractivity contribution in [2.75, 3.05) is 0 Å². The molecule has 0 bridgehead atoms. The molecular weight excluding hydrogens is 273 g/mol. The Balaban J connectivity index is 2.52. The van der Waals surface area contributed by atoms with E-state index in [2.05, 4.69) is 15.8 Å². The number of halogens is 1. The fraction of sp³-hybridized carbons (Fsp3) is 0.400. The molecule has 2 N–H and O–H groups in total. The Labute approximate surface area is 123 Å². The Morgan fingerprint density at radius 2 is 2.10 bits per heavy atom. The molecule has 0 aromatic heterocycles. The predicted molar refractivity (Wildman–Crippen MR) is 79.5 cm³/mol. The maximum atomic E-state index is 13.0. The van der Waals surface area contributed by atoms with Gasteiger partial charge in [-0.25, -0.2) is 9.82 Å². The molecule has 0 heterocycles. The van der Waals surface area contributed by atoms with Crippen LogP contribution >= 0.6 is 0 Å². The zero-order valence-corrected chi connectivity index (χ0v) is 12.4. The van der Waals surface area contributed by atoms with Crippen LogP contribution in [0.5, 0.6) is 0 Å². The zero-order valence-electron chi connectivity index (χ0n) is 12.4. The summed E-state index contributed by atoms with van der Waals surface area (Å²) in [5.74, 6) is -1.15. The molecular formula is C15H20FN3O2. The Morgan fingerprint density at radius 3 is 2.71 bits per heavy atom. The number of carbonyl (C=O) groups is 2. The molecule has 21 heavy (non-hydrogen) atoms. The van der Waals surface area contributed by atoms with Crippen molar-refractivity contribution in [2.45, 2.75) is 39.7 Å². The van der Waals surface area contributed by atoms with Gasteiger partial charge in [-0.15, -0.1) is 0 Å². The second-order valence-corrected chi connectivity index (χ2v) is 4.85. The van der Waals surface area contributed by atoms with E-state index in [-0.39, 0.29) is 23.9 Å². The molecule has 0 aliphatic rings. The first-order chi connectivity index (χ1) is 9.92. The van der Waals surface area contributed by atoms with Crippen LogP contribution in [-0.2, 0) is 4.79 Å². The first kappa shape index (κ1) is 16.8. The highest BCUT2D eigenvalue weighted by molar-refractivity contribution is 6.01. The summed E-state index contributed by atoms with van der Waals surface area (Å²) in [6.45, 7) is 5.53. The van der Waals surface area contributed by atoms with Crippen LogP contribution in [0.1, 0.15) is 44.0 Å². The second-order valence-electron chi connectivity index (χ2n) is 4.85. The molecule has 5 nitrogen and oxygen atoms in total. The number of nitrogens with one attached hydrogen (secondary N) is 2. The zero-order chi connectivity index (χ0) is 15.8. The third kappa shape index (κ3) is 6.16. The number of nitrogens with zero attached hydrogens (tertiary/aromatic N) is 1. The van der Waals surface area contributed by atoms with Gasteiger partial charge in [0.15, 0.2) is 0 Å². The highest BCUT2D eigenvalue weighted by Gasteiger charge is 2.08. The van der Waals surface area contributed by atoms with Crippen LogP contribution in [0.4, 0.5) is 4.39 Å². The normalized spacial score (nSPS) is 12.7. The van der Waals surface area contributed by atoms with Crippen LogP contribution in [0.25, 0.3) is 0 Å². The first-order valence-electron chi connectivity index (χ1n) is 6.80. The number of rotatable bonds is 6. The van der Waals surface area contributed by atoms with Crippen molar-refractivity contribution >= 4 is 17.5 Å². The number of hydrogen-bond acceptors (Lipinski definition) is 3. The van der Waals surface area contributed by atoms with Gasteiger partial charge in [-0.1, -0.05) is 13.0 Å². The third-order valence-electron chi connectivity index (χ3n) is 2.87. The van der Waals surface area contributed by atoms with Crippen molar-refractivity contribution in [3.63, 3.8) is 0 Å². The lowest BCUT2D eigenvalue weighted by Crippen LogP contribution is -2.33. The van der Waals surface area contributed by atoms with Gasteiger partial charge in [0.25, 0.3) is 5.91 Å². The third-order valence-corrected chi connectivity index (χ3v) is 2.87. The maximum absolute atomic E-state index is 13.0. The Kier molecular flexibility index (Phi) is 6.52. The van der Waals surface area contributed by atoms with Crippen LogP contribution in [-0.4, -0.2) is 23.6 Å². The molecule has 0 unspecified atom stereocenters. The fourth-order valence-electron chi connectivity index (χ4n) is 1.54. The van der Waals surface area contributed by atoms with Crippen molar-refractivity contribution < 1.29 is 14.0 Å². The minimum Gasteiger partial charge on any atom is -0.353 e. The average Bonchev–Trinajstić information content (AvgIpc) is 2.44. The smallest absolute Gasteiger partial charge is 0.271 e. The van der Waals surface area contributed by atoms with E-state index in [1.807, 2.05) is 13.8 Å². The second kappa shape index (κ2) is 8.14. The lowest BCUT2D eigenvalue weighted by molar-refractivity contribution is -0.120. The van der Waals surface area contributed by atoms with Crippen LogP contribution in [0.15, 0.2) is 29.4 Å². The molecule has 0 spiro atoms. The van der Waals surface area contributed by atoms with Gasteiger partial charge in [-0.3, -0.25) is 9.59 Å². The van der Waals surface area contributed by atoms with Crippen LogP contribution in [0.2, 0.25) is 0 Å². The number of carbonyl (C=O) groups excluding carboxylic acids is 2. The number of hydrazone groups is 1. The summed E-state index contributed by atoms with van der Waals surface area (Å²) in [5, 5.41) is 6.64. The molecule has 0 radical (unpaired) electrons. The fourth-order valence-corrected chi connectivity index (χ4v) is 1.54. The summed E-state index contributed by atoms with van der Waals surface area (Å²) in [4.78, 5) is 23.4. The van der Waals surface area contributed by atoms with Gasteiger partial charge in [0, 0.05) is 17.3 Å². The molecule has 0 aliphatic heterocycles. The molecule has 6 heteroatoms. The standard InChI is InChI=1S/C15H20FN3O2/c1-4-10(2)17-14(20)8-11(3)18-19-15(21)12-6-5-7-13(16)9-12/h5-7,9-10H,4,8H2,1-3H3,(H,17,20)(H,19,21)/b18-11-/t10-/m0/s1. The van der Waals surface area contributed by atoms with Crippen molar-refractivity contribution in [1.82, 2.24) is 10.7 Å². The Morgan fingerprint density at radius 1 is 1.38 bits per heavy atom. The van der Waals surface area contributed by atoms with Gasteiger partial charge >= 0.3 is 0 Å². The van der Waals surface area contributed by atoms with Crippen molar-refractivity contribution in [2.24, 2.45) is 5.10 Å². The molecule has 1 aromatic rings. The predicted octanol–water partition coefficient (Wildman–Crippen LogP) is 2.24. The quantitative estimate of drug-likeness (QED) is 0.623. The number of amides is 2. The SMILES string of the molecule is CC[C@H](C)NC(=O)C/C(C)=N\NC(=O)c1cccc(F)c1. The number of hydrogen-bond donors (Lipinski definition) is 2. The molecule has 1 rings (SSSR count). The van der Waals surface area contributed by atoms with Gasteiger partial charge < -0.3 is 5.32 Å². The van der Waals surface area contributed by atoms with E-state index in [1.54, 1.807) is 6.92 Å². The monoisotopic (exact) mass is 293 g/mol. The highest BCUT2D eigenvalue weighted by atomic mass is 19.1. The van der Waals surface area contributed by atoms with Crippen LogP contribution in [0.3, 0.4) is 0 Å². The van der Waals surface area contributed by atoms with Crippen LogP contribution in [0, 0.1) is 5.82 Å². The number of benzene rings is 1. The van der Waals surface area contributed by atoms with Crippen molar-refractivity contribution in [3.05, 3.63) is 35.6 Å². The average molecular weight is 293 g/mol. The molecule has 114 valence electrons. The van der Waals surface area contributed by atoms with E-state index in [0.717, 1.165) is 12.5 Å². The highest BCUT2D eigenvalue weighted by Crippen LogP contribution is 2.03. The molecule has 1 atom stereocenters. The van der Waals surface area contributed by atoms with Crippen molar-refractivity contribution in [1.29, 1.82) is 0 Å². The van der Waals surface area contributed by atoms with E-state index in [0.29, 0.717) is 5.71 Å². The maximum Gasteiger partial charge on any atom is 0.271 e. The summed E-state index contributed by atoms with van der Waals surface area (Å²) in [7, 11) is 0. The van der Waals surface area contributed by atoms with Gasteiger partial charge in [0.1, 0.15) is 5.82 Å². The Hall–Kier alpha value is -2.24. The summed E-state index contributed by atoms with van der Waals surface area (Å²) in [6, 6.07) is 5.41. The summed E-state index contributed by atoms with van der Waals surface area (Å²) in [5.41, 5.74) is 2.95. The molecule has 1 aromatic carbocycles. The lowest BCUT2D eigenvalue weighted by Gasteiger charge is -2.10. The minimum atomic E-state index is -0.517. The Bertz CT molecular complexity index is 543. The summed E-state index contributed by atoms with van der Waals surface area (Å²) < 4.78 is 13.0. The molecule has 0 aliphatic carbocycles. The lowest BCUT2D eigenvalue weighted by atomic mass is 10.2. The molecule has 0 saturated heterocycles. The van der Waals surface area contributed by atoms with Crippen molar-refractivity contribution in [3.8, 4) is 0 Å². The molecule has 0 fully saturated rings. The van der Waals surface area contributed by atoms with E-state index in [4.69, 9.17) is 0 Å². The van der Waals surface area contributed by atoms with Gasteiger partial charge in [0.05, 0.1) is 6.42 Å². The van der Waals surface area contributed by atoms with Crippen LogP contribution < -0.4 is 10.7 Å². The van der Waals surface area contributed by atoms with E-state index < -0.39 is 11.7 Å². The van der Waals surface area contributed by atoms with E-state index >= 15 is 0 Å². The molecule has 0 saturated carbocycles. The van der Waals surface area contributed by atoms with Gasteiger partial charge in [-0.2, -0.15) is 5.10 Å². The largest absolute Gasteiger partial charge is 0.353 e. The van der Waals surface area contributed by atoms with E-state index in [1.165, 1.54) is 18.2 Å². The van der Waals surface area contributed by atoms with E-state index in [9.17, 15) is 14.0 Å². The minimum absolute atomic E-state index is 0.104. The van der Waals surface area contributed by atoms with Gasteiger partial charge in [-0.05, 0) is 38.5 Å². The first-order valence-corrected chi connectivity index (χ1v) is 6.80. The van der Waals surface area contributed by atoms with Gasteiger partial charge in [0.2, 0.25) is 5.91 Å². The summed E-state index contributed by atoms with van der Waals surface area (Å²) >= 11 is 0. The topological polar surface area (TPSA) is 70.6 Å². The summed E-state index contributed by atoms with van der Waals surface area (Å²) in [6.07, 6.45) is 0.950.